The van der Waals surface area contributed by atoms with Gasteiger partial charge in [-0.2, -0.15) is 4.31 Å². The maximum absolute atomic E-state index is 13.2. The fourth-order valence-electron chi connectivity index (χ4n) is 3.80. The Kier molecular flexibility index (Phi) is 6.92. The van der Waals surface area contributed by atoms with E-state index in [1.807, 2.05) is 13.0 Å². The highest BCUT2D eigenvalue weighted by molar-refractivity contribution is 7.89. The number of rotatable bonds is 5. The molecule has 1 heterocycles. The van der Waals surface area contributed by atoms with Gasteiger partial charge < -0.3 is 15.4 Å². The molecule has 9 heteroatoms. The van der Waals surface area contributed by atoms with Crippen LogP contribution in [-0.2, 0) is 24.3 Å². The van der Waals surface area contributed by atoms with Crippen LogP contribution in [0.5, 0.6) is 0 Å². The number of benzene rings is 1. The molecule has 0 unspecified atom stereocenters. The molecule has 29 heavy (non-hydrogen) atoms. The second-order valence-electron chi connectivity index (χ2n) is 7.73. The molecule has 160 valence electrons. The molecule has 2 N–H and O–H groups in total. The number of hydrogen-bond donors (Lipinski definition) is 2. The van der Waals surface area contributed by atoms with E-state index in [2.05, 4.69) is 10.6 Å². The summed E-state index contributed by atoms with van der Waals surface area (Å²) in [4.78, 5) is 24.4. The van der Waals surface area contributed by atoms with E-state index in [0.717, 1.165) is 31.2 Å². The summed E-state index contributed by atoms with van der Waals surface area (Å²) >= 11 is 0. The summed E-state index contributed by atoms with van der Waals surface area (Å²) in [6.45, 7) is 4.20. The maximum atomic E-state index is 13.2. The SMILES string of the molecule is Cc1ccc(C)c(S(=O)(=O)N2CCCO[C@H]2CNC(=O)C(=O)NC2CCCC2)c1. The van der Waals surface area contributed by atoms with E-state index < -0.39 is 28.1 Å². The standard InChI is InChI=1S/C20H29N3O5S/c1-14-8-9-15(2)17(12-14)29(26,27)23-10-5-11-28-18(23)13-21-19(24)20(25)22-16-6-3-4-7-16/h8-9,12,16,18H,3-7,10-11,13H2,1-2H3,(H,21,24)(H,22,25)/t18-/m0/s1. The Morgan fingerprint density at radius 1 is 1.14 bits per heavy atom. The molecule has 1 aliphatic carbocycles. The zero-order chi connectivity index (χ0) is 21.0. The third-order valence-corrected chi connectivity index (χ3v) is 7.45. The minimum atomic E-state index is -3.79. The first-order chi connectivity index (χ1) is 13.8. The lowest BCUT2D eigenvalue weighted by atomic mass is 10.2. The lowest BCUT2D eigenvalue weighted by molar-refractivity contribution is -0.140. The van der Waals surface area contributed by atoms with E-state index in [1.54, 1.807) is 19.1 Å². The summed E-state index contributed by atoms with van der Waals surface area (Å²) in [5.41, 5.74) is 1.50. The summed E-state index contributed by atoms with van der Waals surface area (Å²) in [5.74, 6) is -1.45. The number of carbonyl (C=O) groups excluding carboxylic acids is 2. The van der Waals surface area contributed by atoms with Gasteiger partial charge in [-0.15, -0.1) is 0 Å². The Bertz CT molecular complexity index is 865. The maximum Gasteiger partial charge on any atom is 0.309 e. The minimum absolute atomic E-state index is 0.0420. The van der Waals surface area contributed by atoms with Crippen LogP contribution in [0.15, 0.2) is 23.1 Å². The highest BCUT2D eigenvalue weighted by Gasteiger charge is 2.36. The predicted molar refractivity (Wildman–Crippen MR) is 108 cm³/mol. The van der Waals surface area contributed by atoms with Crippen LogP contribution in [0.4, 0.5) is 0 Å². The van der Waals surface area contributed by atoms with Crippen molar-refractivity contribution in [3.8, 4) is 0 Å². The summed E-state index contributed by atoms with van der Waals surface area (Å²) in [5, 5.41) is 5.25. The van der Waals surface area contributed by atoms with Crippen LogP contribution in [0.1, 0.15) is 43.2 Å². The van der Waals surface area contributed by atoms with Gasteiger partial charge in [-0.1, -0.05) is 25.0 Å². The molecule has 1 aromatic carbocycles. The number of carbonyl (C=O) groups is 2. The van der Waals surface area contributed by atoms with Gasteiger partial charge in [0.2, 0.25) is 10.0 Å². The van der Waals surface area contributed by atoms with Gasteiger partial charge in [-0.05, 0) is 50.3 Å². The van der Waals surface area contributed by atoms with Crippen LogP contribution in [-0.4, -0.2) is 56.5 Å². The van der Waals surface area contributed by atoms with Crippen molar-refractivity contribution in [2.24, 2.45) is 0 Å². The summed E-state index contributed by atoms with van der Waals surface area (Å²) in [6.07, 6.45) is 3.58. The van der Waals surface area contributed by atoms with Crippen molar-refractivity contribution < 1.29 is 22.7 Å². The van der Waals surface area contributed by atoms with E-state index in [9.17, 15) is 18.0 Å². The fraction of sp³-hybridized carbons (Fsp3) is 0.600. The molecule has 1 aliphatic heterocycles. The van der Waals surface area contributed by atoms with Gasteiger partial charge in [0.1, 0.15) is 6.23 Å². The summed E-state index contributed by atoms with van der Waals surface area (Å²) in [7, 11) is -3.79. The van der Waals surface area contributed by atoms with Crippen LogP contribution in [0, 0.1) is 13.8 Å². The first-order valence-corrected chi connectivity index (χ1v) is 11.5. The molecular formula is C20H29N3O5S. The monoisotopic (exact) mass is 423 g/mol. The van der Waals surface area contributed by atoms with Crippen LogP contribution in [0.3, 0.4) is 0 Å². The Morgan fingerprint density at radius 3 is 2.59 bits per heavy atom. The third kappa shape index (κ3) is 5.15. The molecule has 1 saturated heterocycles. The van der Waals surface area contributed by atoms with Crippen LogP contribution in [0.2, 0.25) is 0 Å². The largest absolute Gasteiger partial charge is 0.360 e. The van der Waals surface area contributed by atoms with Crippen molar-refractivity contribution in [3.05, 3.63) is 29.3 Å². The number of nitrogens with zero attached hydrogens (tertiary/aromatic N) is 1. The van der Waals surface area contributed by atoms with E-state index in [4.69, 9.17) is 4.74 Å². The second-order valence-corrected chi connectivity index (χ2v) is 9.59. The van der Waals surface area contributed by atoms with Crippen LogP contribution in [0.25, 0.3) is 0 Å². The van der Waals surface area contributed by atoms with E-state index >= 15 is 0 Å². The second kappa shape index (κ2) is 9.23. The zero-order valence-corrected chi connectivity index (χ0v) is 17.8. The number of nitrogens with one attached hydrogen (secondary N) is 2. The molecule has 1 saturated carbocycles. The molecule has 0 bridgehead atoms. The average Bonchev–Trinajstić information content (AvgIpc) is 3.21. The molecule has 8 nitrogen and oxygen atoms in total. The van der Waals surface area contributed by atoms with Crippen molar-refractivity contribution in [1.82, 2.24) is 14.9 Å². The van der Waals surface area contributed by atoms with E-state index in [0.29, 0.717) is 25.1 Å². The van der Waals surface area contributed by atoms with Crippen molar-refractivity contribution >= 4 is 21.8 Å². The molecule has 2 fully saturated rings. The van der Waals surface area contributed by atoms with Gasteiger partial charge >= 0.3 is 11.8 Å². The highest BCUT2D eigenvalue weighted by atomic mass is 32.2. The van der Waals surface area contributed by atoms with Gasteiger partial charge in [0.15, 0.2) is 0 Å². The van der Waals surface area contributed by atoms with Crippen LogP contribution < -0.4 is 10.6 Å². The van der Waals surface area contributed by atoms with Crippen molar-refractivity contribution in [2.45, 2.75) is 63.1 Å². The predicted octanol–water partition coefficient (Wildman–Crippen LogP) is 1.22. The molecule has 3 rings (SSSR count). The summed E-state index contributed by atoms with van der Waals surface area (Å²) < 4.78 is 33.4. The van der Waals surface area contributed by atoms with Gasteiger partial charge in [0.05, 0.1) is 18.0 Å². The first kappa shape index (κ1) is 21.7. The topological polar surface area (TPSA) is 105 Å². The molecule has 0 spiro atoms. The Morgan fingerprint density at radius 2 is 1.86 bits per heavy atom. The number of aryl methyl sites for hydroxylation is 2. The fourth-order valence-corrected chi connectivity index (χ4v) is 5.67. The quantitative estimate of drug-likeness (QED) is 0.693. The lowest BCUT2D eigenvalue weighted by Crippen LogP contribution is -2.53. The lowest BCUT2D eigenvalue weighted by Gasteiger charge is -2.35. The Labute approximate surface area is 172 Å². The van der Waals surface area contributed by atoms with Gasteiger partial charge in [0, 0.05) is 12.6 Å². The van der Waals surface area contributed by atoms with Crippen LogP contribution >= 0.6 is 0 Å². The smallest absolute Gasteiger partial charge is 0.309 e. The van der Waals surface area contributed by atoms with E-state index in [-0.39, 0.29) is 17.5 Å². The molecule has 0 radical (unpaired) electrons. The molecular weight excluding hydrogens is 394 g/mol. The van der Waals surface area contributed by atoms with Crippen molar-refractivity contribution in [3.63, 3.8) is 0 Å². The van der Waals surface area contributed by atoms with Crippen molar-refractivity contribution in [2.75, 3.05) is 19.7 Å². The number of hydrogen-bond acceptors (Lipinski definition) is 5. The average molecular weight is 424 g/mol. The number of sulfonamides is 1. The third-order valence-electron chi connectivity index (χ3n) is 5.42. The highest BCUT2D eigenvalue weighted by Crippen LogP contribution is 2.25. The minimum Gasteiger partial charge on any atom is -0.360 e. The molecule has 2 amide bonds. The Balaban J connectivity index is 1.67. The zero-order valence-electron chi connectivity index (χ0n) is 16.9. The van der Waals surface area contributed by atoms with Gasteiger partial charge in [-0.25, -0.2) is 8.42 Å². The molecule has 1 atom stereocenters. The van der Waals surface area contributed by atoms with Gasteiger partial charge in [-0.3, -0.25) is 9.59 Å². The first-order valence-electron chi connectivity index (χ1n) is 10.1. The molecule has 1 aromatic rings. The molecule has 2 aliphatic rings. The molecule has 0 aromatic heterocycles. The number of ether oxygens (including phenoxy) is 1. The van der Waals surface area contributed by atoms with E-state index in [1.165, 1.54) is 4.31 Å². The number of amides is 2. The van der Waals surface area contributed by atoms with Crippen molar-refractivity contribution in [1.29, 1.82) is 0 Å². The normalized spacial score (nSPS) is 21.1. The summed E-state index contributed by atoms with van der Waals surface area (Å²) in [6, 6.07) is 5.32. The van der Waals surface area contributed by atoms with Gasteiger partial charge in [0.25, 0.3) is 0 Å². The Hall–Kier alpha value is -1.97.